The summed E-state index contributed by atoms with van der Waals surface area (Å²) in [5, 5.41) is 9.54. The molecule has 0 radical (unpaired) electrons. The normalized spacial score (nSPS) is 10.2. The van der Waals surface area contributed by atoms with Crippen LogP contribution in [0.25, 0.3) is 0 Å². The van der Waals surface area contributed by atoms with Crippen molar-refractivity contribution in [2.45, 2.75) is 17.8 Å². The van der Waals surface area contributed by atoms with Crippen LogP contribution in [0.4, 0.5) is 0 Å². The fraction of sp³-hybridized carbons (Fsp3) is 0.214. The summed E-state index contributed by atoms with van der Waals surface area (Å²) in [6, 6.07) is 11.1. The number of rotatable bonds is 3. The third-order valence-corrected chi connectivity index (χ3v) is 3.75. The van der Waals surface area contributed by atoms with Crippen molar-refractivity contribution in [3.05, 3.63) is 57.5 Å². The minimum Gasteiger partial charge on any atom is -0.291 e. The van der Waals surface area contributed by atoms with E-state index < -0.39 is 0 Å². The second kappa shape index (κ2) is 5.72. The van der Waals surface area contributed by atoms with Gasteiger partial charge in [-0.3, -0.25) is 9.36 Å². The van der Waals surface area contributed by atoms with Crippen molar-refractivity contribution in [1.29, 1.82) is 5.26 Å². The Labute approximate surface area is 115 Å². The second-order valence-electron chi connectivity index (χ2n) is 4.18. The topological polar surface area (TPSA) is 58.7 Å². The van der Waals surface area contributed by atoms with Gasteiger partial charge in [0, 0.05) is 24.6 Å². The molecule has 0 fully saturated rings. The van der Waals surface area contributed by atoms with Crippen LogP contribution in [-0.2, 0) is 12.8 Å². The summed E-state index contributed by atoms with van der Waals surface area (Å²) in [6.07, 6.45) is 0. The average molecular weight is 271 g/mol. The average Bonchev–Trinajstić information content (AvgIpc) is 2.41. The molecule has 96 valence electrons. The van der Waals surface area contributed by atoms with Crippen LogP contribution in [0, 0.1) is 18.3 Å². The zero-order chi connectivity index (χ0) is 13.8. The maximum absolute atomic E-state index is 11.6. The van der Waals surface area contributed by atoms with Crippen molar-refractivity contribution < 1.29 is 0 Å². The van der Waals surface area contributed by atoms with Crippen molar-refractivity contribution in [2.75, 3.05) is 0 Å². The molecule has 0 aliphatic heterocycles. The lowest BCUT2D eigenvalue weighted by Crippen LogP contribution is -2.19. The van der Waals surface area contributed by atoms with E-state index in [-0.39, 0.29) is 5.56 Å². The summed E-state index contributed by atoms with van der Waals surface area (Å²) in [5.41, 5.74) is 2.35. The summed E-state index contributed by atoms with van der Waals surface area (Å²) in [6.45, 7) is 1.81. The van der Waals surface area contributed by atoms with Crippen LogP contribution < -0.4 is 5.56 Å². The lowest BCUT2D eigenvalue weighted by molar-refractivity contribution is 0.698. The van der Waals surface area contributed by atoms with E-state index in [1.165, 1.54) is 22.4 Å². The Balaban J connectivity index is 2.19. The number of hydrogen-bond acceptors (Lipinski definition) is 4. The highest BCUT2D eigenvalue weighted by Gasteiger charge is 2.05. The molecule has 0 N–H and O–H groups in total. The van der Waals surface area contributed by atoms with Crippen LogP contribution >= 0.6 is 11.8 Å². The van der Waals surface area contributed by atoms with Gasteiger partial charge in [-0.05, 0) is 24.6 Å². The minimum absolute atomic E-state index is 0.0548. The minimum atomic E-state index is -0.0548. The summed E-state index contributed by atoms with van der Waals surface area (Å²) < 4.78 is 1.53. The van der Waals surface area contributed by atoms with Gasteiger partial charge < -0.3 is 0 Å². The highest BCUT2D eigenvalue weighted by Crippen LogP contribution is 2.20. The van der Waals surface area contributed by atoms with Crippen molar-refractivity contribution in [1.82, 2.24) is 9.55 Å². The second-order valence-corrected chi connectivity index (χ2v) is 5.12. The maximum Gasteiger partial charge on any atom is 0.254 e. The maximum atomic E-state index is 11.6. The number of aryl methyl sites for hydroxylation is 1. The fourth-order valence-corrected chi connectivity index (χ4v) is 2.60. The Hall–Kier alpha value is -2.06. The predicted octanol–water partition coefficient (Wildman–Crippen LogP) is 2.25. The number of hydrogen-bond donors (Lipinski definition) is 0. The van der Waals surface area contributed by atoms with Gasteiger partial charge in [-0.25, -0.2) is 4.98 Å². The first-order valence-corrected chi connectivity index (χ1v) is 6.75. The van der Waals surface area contributed by atoms with Gasteiger partial charge in [-0.15, -0.1) is 0 Å². The number of benzene rings is 1. The van der Waals surface area contributed by atoms with Gasteiger partial charge in [0.1, 0.15) is 0 Å². The Morgan fingerprint density at radius 2 is 2.21 bits per heavy atom. The first-order chi connectivity index (χ1) is 9.10. The van der Waals surface area contributed by atoms with E-state index in [2.05, 4.69) is 11.1 Å². The third kappa shape index (κ3) is 3.24. The Bertz CT molecular complexity index is 701. The highest BCUT2D eigenvalue weighted by atomic mass is 32.2. The molecule has 2 aromatic rings. The Morgan fingerprint density at radius 3 is 2.95 bits per heavy atom. The third-order valence-electron chi connectivity index (χ3n) is 2.65. The zero-order valence-corrected chi connectivity index (χ0v) is 11.6. The molecule has 19 heavy (non-hydrogen) atoms. The van der Waals surface area contributed by atoms with Gasteiger partial charge in [0.15, 0.2) is 5.16 Å². The van der Waals surface area contributed by atoms with Gasteiger partial charge in [0.05, 0.1) is 11.6 Å². The molecular formula is C14H13N3OS. The van der Waals surface area contributed by atoms with E-state index in [0.717, 1.165) is 11.3 Å². The molecule has 0 saturated heterocycles. The highest BCUT2D eigenvalue weighted by molar-refractivity contribution is 7.98. The molecule has 4 nitrogen and oxygen atoms in total. The lowest BCUT2D eigenvalue weighted by atomic mass is 10.2. The smallest absolute Gasteiger partial charge is 0.254 e. The van der Waals surface area contributed by atoms with Gasteiger partial charge >= 0.3 is 0 Å². The van der Waals surface area contributed by atoms with Crippen LogP contribution in [0.3, 0.4) is 0 Å². The van der Waals surface area contributed by atoms with Crippen LogP contribution in [0.5, 0.6) is 0 Å². The molecule has 0 saturated carbocycles. The molecule has 0 unspecified atom stereocenters. The van der Waals surface area contributed by atoms with Crippen LogP contribution in [0.2, 0.25) is 0 Å². The van der Waals surface area contributed by atoms with Crippen molar-refractivity contribution >= 4 is 11.8 Å². The molecule has 2 rings (SSSR count). The molecule has 0 spiro atoms. The molecular weight excluding hydrogens is 258 g/mol. The lowest BCUT2D eigenvalue weighted by Gasteiger charge is -2.07. The van der Waals surface area contributed by atoms with E-state index in [1.807, 2.05) is 25.1 Å². The van der Waals surface area contributed by atoms with Gasteiger partial charge in [0.2, 0.25) is 0 Å². The van der Waals surface area contributed by atoms with Crippen LogP contribution in [-0.4, -0.2) is 9.55 Å². The van der Waals surface area contributed by atoms with Crippen molar-refractivity contribution in [3.63, 3.8) is 0 Å². The number of nitriles is 1. The van der Waals surface area contributed by atoms with Gasteiger partial charge in [-0.1, -0.05) is 23.9 Å². The monoisotopic (exact) mass is 271 g/mol. The first-order valence-electron chi connectivity index (χ1n) is 5.76. The Morgan fingerprint density at radius 1 is 1.42 bits per heavy atom. The van der Waals surface area contributed by atoms with E-state index >= 15 is 0 Å². The van der Waals surface area contributed by atoms with Crippen molar-refractivity contribution in [3.8, 4) is 6.07 Å². The van der Waals surface area contributed by atoms with Crippen LogP contribution in [0.1, 0.15) is 16.8 Å². The molecule has 0 aliphatic carbocycles. The van der Waals surface area contributed by atoms with E-state index in [9.17, 15) is 4.79 Å². The molecule has 1 aromatic carbocycles. The summed E-state index contributed by atoms with van der Waals surface area (Å²) in [4.78, 5) is 16.0. The summed E-state index contributed by atoms with van der Waals surface area (Å²) >= 11 is 1.49. The predicted molar refractivity (Wildman–Crippen MR) is 74.9 cm³/mol. The largest absolute Gasteiger partial charge is 0.291 e. The van der Waals surface area contributed by atoms with E-state index in [0.29, 0.717) is 16.5 Å². The molecule has 0 aliphatic rings. The molecule has 0 atom stereocenters. The van der Waals surface area contributed by atoms with Gasteiger partial charge in [-0.2, -0.15) is 5.26 Å². The molecule has 1 aromatic heterocycles. The summed E-state index contributed by atoms with van der Waals surface area (Å²) in [7, 11) is 1.71. The molecule has 0 amide bonds. The number of thioether (sulfide) groups is 1. The molecule has 5 heteroatoms. The number of aromatic nitrogens is 2. The molecule has 0 bridgehead atoms. The Kier molecular flexibility index (Phi) is 4.03. The number of nitrogens with zero attached hydrogens (tertiary/aromatic N) is 3. The fourth-order valence-electron chi connectivity index (χ4n) is 1.64. The first kappa shape index (κ1) is 13.4. The van der Waals surface area contributed by atoms with E-state index in [4.69, 9.17) is 5.26 Å². The quantitative estimate of drug-likeness (QED) is 0.634. The molecule has 1 heterocycles. The van der Waals surface area contributed by atoms with Crippen molar-refractivity contribution in [2.24, 2.45) is 7.05 Å². The standard InChI is InChI=1S/C14H13N3OS/c1-10-6-13(18)17(2)14(16-10)19-9-12-5-3-4-11(7-12)8-15/h3-7H,9H2,1-2H3. The summed E-state index contributed by atoms with van der Waals surface area (Å²) in [5.74, 6) is 0.680. The van der Waals surface area contributed by atoms with E-state index in [1.54, 1.807) is 13.1 Å². The van der Waals surface area contributed by atoms with Crippen LogP contribution in [0.15, 0.2) is 40.3 Å². The zero-order valence-electron chi connectivity index (χ0n) is 10.8. The van der Waals surface area contributed by atoms with Gasteiger partial charge in [0.25, 0.3) is 5.56 Å². The SMILES string of the molecule is Cc1cc(=O)n(C)c(SCc2cccc(C#N)c2)n1.